The van der Waals surface area contributed by atoms with Crippen LogP contribution in [0.4, 0.5) is 0 Å². The van der Waals surface area contributed by atoms with E-state index < -0.39 is 0 Å². The lowest BCUT2D eigenvalue weighted by Gasteiger charge is -2.27. The average molecular weight is 246 g/mol. The fourth-order valence-corrected chi connectivity index (χ4v) is 2.12. The van der Waals surface area contributed by atoms with Crippen LogP contribution in [-0.2, 0) is 17.8 Å². The Morgan fingerprint density at radius 3 is 2.67 bits per heavy atom. The normalized spacial score (nSPS) is 19.2. The Morgan fingerprint density at radius 1 is 1.33 bits per heavy atom. The number of benzene rings is 1. The molecule has 0 saturated carbocycles. The Balaban J connectivity index is 1.95. The van der Waals surface area contributed by atoms with Crippen molar-refractivity contribution in [2.24, 2.45) is 5.41 Å². The molecule has 1 atom stereocenters. The predicted molar refractivity (Wildman–Crippen MR) is 73.2 cm³/mol. The van der Waals surface area contributed by atoms with Gasteiger partial charge in [-0.15, -0.1) is 0 Å². The molecule has 0 unspecified atom stereocenters. The lowest BCUT2D eigenvalue weighted by molar-refractivity contribution is -0.123. The van der Waals surface area contributed by atoms with E-state index >= 15 is 0 Å². The molecule has 0 bridgehead atoms. The van der Waals surface area contributed by atoms with E-state index in [2.05, 4.69) is 43.5 Å². The minimum atomic E-state index is -0.0951. The van der Waals surface area contributed by atoms with Crippen LogP contribution in [0.15, 0.2) is 24.3 Å². The fourth-order valence-electron chi connectivity index (χ4n) is 2.12. The summed E-state index contributed by atoms with van der Waals surface area (Å²) in [5.74, 6) is 0.111. The van der Waals surface area contributed by atoms with E-state index in [0.717, 1.165) is 13.0 Å². The number of nitrogens with one attached hydrogen (secondary N) is 2. The molecule has 98 valence electrons. The van der Waals surface area contributed by atoms with Crippen molar-refractivity contribution >= 4 is 5.91 Å². The zero-order chi connectivity index (χ0) is 13.2. The molecule has 0 aromatic heterocycles. The largest absolute Gasteiger partial charge is 0.354 e. The SMILES string of the molecule is CC(C)(C)CNC(=O)[C@@H]1Cc2ccccc2CN1. The summed E-state index contributed by atoms with van der Waals surface area (Å²) < 4.78 is 0. The lowest BCUT2D eigenvalue weighted by Crippen LogP contribution is -2.49. The molecule has 1 aliphatic heterocycles. The molecule has 1 amide bonds. The second kappa shape index (κ2) is 5.11. The first-order chi connectivity index (χ1) is 8.46. The van der Waals surface area contributed by atoms with E-state index in [1.54, 1.807) is 0 Å². The first-order valence-electron chi connectivity index (χ1n) is 6.53. The van der Waals surface area contributed by atoms with Gasteiger partial charge in [-0.25, -0.2) is 0 Å². The summed E-state index contributed by atoms with van der Waals surface area (Å²) in [7, 11) is 0. The van der Waals surface area contributed by atoms with Crippen LogP contribution in [-0.4, -0.2) is 18.5 Å². The van der Waals surface area contributed by atoms with Gasteiger partial charge in [-0.2, -0.15) is 0 Å². The number of amides is 1. The average Bonchev–Trinajstić information content (AvgIpc) is 2.34. The summed E-state index contributed by atoms with van der Waals surface area (Å²) in [6.45, 7) is 7.86. The Labute approximate surface area is 109 Å². The van der Waals surface area contributed by atoms with Crippen molar-refractivity contribution in [2.45, 2.75) is 39.8 Å². The molecule has 18 heavy (non-hydrogen) atoms. The third kappa shape index (κ3) is 3.33. The van der Waals surface area contributed by atoms with Gasteiger partial charge in [0.2, 0.25) is 5.91 Å². The monoisotopic (exact) mass is 246 g/mol. The van der Waals surface area contributed by atoms with Gasteiger partial charge in [-0.1, -0.05) is 45.0 Å². The standard InChI is InChI=1S/C15H22N2O/c1-15(2,3)10-17-14(18)13-8-11-6-4-5-7-12(11)9-16-13/h4-7,13,16H,8-10H2,1-3H3,(H,17,18)/t13-/m0/s1. The molecule has 3 nitrogen and oxygen atoms in total. The summed E-state index contributed by atoms with van der Waals surface area (Å²) in [4.78, 5) is 12.1. The van der Waals surface area contributed by atoms with E-state index in [4.69, 9.17) is 0 Å². The highest BCUT2D eigenvalue weighted by Crippen LogP contribution is 2.16. The molecule has 1 aromatic rings. The smallest absolute Gasteiger partial charge is 0.237 e. The highest BCUT2D eigenvalue weighted by molar-refractivity contribution is 5.82. The first kappa shape index (κ1) is 13.1. The molecular weight excluding hydrogens is 224 g/mol. The van der Waals surface area contributed by atoms with E-state index in [1.165, 1.54) is 11.1 Å². The molecule has 1 aromatic carbocycles. The van der Waals surface area contributed by atoms with Crippen molar-refractivity contribution in [1.82, 2.24) is 10.6 Å². The predicted octanol–water partition coefficient (Wildman–Crippen LogP) is 1.86. The van der Waals surface area contributed by atoms with Crippen LogP contribution in [0.3, 0.4) is 0 Å². The number of fused-ring (bicyclic) bond motifs is 1. The molecule has 2 N–H and O–H groups in total. The maximum absolute atomic E-state index is 12.1. The third-order valence-electron chi connectivity index (χ3n) is 3.19. The second-order valence-electron chi connectivity index (χ2n) is 6.18. The number of hydrogen-bond acceptors (Lipinski definition) is 2. The van der Waals surface area contributed by atoms with Gasteiger partial charge in [0.05, 0.1) is 6.04 Å². The van der Waals surface area contributed by atoms with Crippen LogP contribution < -0.4 is 10.6 Å². The molecule has 0 fully saturated rings. The van der Waals surface area contributed by atoms with Gasteiger partial charge >= 0.3 is 0 Å². The number of rotatable bonds is 2. The summed E-state index contributed by atoms with van der Waals surface area (Å²) in [6, 6.07) is 8.21. The molecule has 0 saturated heterocycles. The van der Waals surface area contributed by atoms with E-state index in [1.807, 2.05) is 12.1 Å². The molecule has 1 aliphatic rings. The Hall–Kier alpha value is -1.35. The molecule has 0 radical (unpaired) electrons. The van der Waals surface area contributed by atoms with Crippen LogP contribution in [0, 0.1) is 5.41 Å². The van der Waals surface area contributed by atoms with Crippen molar-refractivity contribution in [2.75, 3.05) is 6.54 Å². The lowest BCUT2D eigenvalue weighted by atomic mass is 9.94. The zero-order valence-corrected chi connectivity index (χ0v) is 11.4. The van der Waals surface area contributed by atoms with Crippen LogP contribution in [0.25, 0.3) is 0 Å². The summed E-state index contributed by atoms with van der Waals surface area (Å²) in [6.07, 6.45) is 0.784. The number of carbonyl (C=O) groups is 1. The van der Waals surface area contributed by atoms with Gasteiger partial charge < -0.3 is 10.6 Å². The van der Waals surface area contributed by atoms with E-state index in [0.29, 0.717) is 6.54 Å². The summed E-state index contributed by atoms with van der Waals surface area (Å²) in [5, 5.41) is 6.32. The minimum Gasteiger partial charge on any atom is -0.354 e. The molecule has 2 rings (SSSR count). The minimum absolute atomic E-state index is 0.0951. The van der Waals surface area contributed by atoms with Crippen molar-refractivity contribution in [3.8, 4) is 0 Å². The molecule has 3 heteroatoms. The first-order valence-corrected chi connectivity index (χ1v) is 6.53. The molecule has 0 aliphatic carbocycles. The number of carbonyl (C=O) groups excluding carboxylic acids is 1. The van der Waals surface area contributed by atoms with Crippen molar-refractivity contribution in [3.63, 3.8) is 0 Å². The maximum Gasteiger partial charge on any atom is 0.237 e. The van der Waals surface area contributed by atoms with Gasteiger partial charge in [0.15, 0.2) is 0 Å². The van der Waals surface area contributed by atoms with Crippen molar-refractivity contribution < 1.29 is 4.79 Å². The fraction of sp³-hybridized carbons (Fsp3) is 0.533. The Morgan fingerprint density at radius 2 is 2.00 bits per heavy atom. The van der Waals surface area contributed by atoms with E-state index in [9.17, 15) is 4.79 Å². The van der Waals surface area contributed by atoms with Crippen molar-refractivity contribution in [1.29, 1.82) is 0 Å². The summed E-state index contributed by atoms with van der Waals surface area (Å²) >= 11 is 0. The second-order valence-corrected chi connectivity index (χ2v) is 6.18. The summed E-state index contributed by atoms with van der Waals surface area (Å²) in [5.41, 5.74) is 2.71. The van der Waals surface area contributed by atoms with E-state index in [-0.39, 0.29) is 17.4 Å². The highest BCUT2D eigenvalue weighted by Gasteiger charge is 2.24. The quantitative estimate of drug-likeness (QED) is 0.836. The third-order valence-corrected chi connectivity index (χ3v) is 3.19. The Bertz CT molecular complexity index is 434. The Kier molecular flexibility index (Phi) is 3.71. The molecule has 0 spiro atoms. The van der Waals surface area contributed by atoms with Gasteiger partial charge in [0.1, 0.15) is 0 Å². The van der Waals surface area contributed by atoms with Gasteiger partial charge in [-0.05, 0) is 23.0 Å². The van der Waals surface area contributed by atoms with Crippen LogP contribution >= 0.6 is 0 Å². The van der Waals surface area contributed by atoms with Crippen LogP contribution in [0.5, 0.6) is 0 Å². The number of hydrogen-bond donors (Lipinski definition) is 2. The van der Waals surface area contributed by atoms with Crippen LogP contribution in [0.1, 0.15) is 31.9 Å². The topological polar surface area (TPSA) is 41.1 Å². The zero-order valence-electron chi connectivity index (χ0n) is 11.4. The molecule has 1 heterocycles. The van der Waals surface area contributed by atoms with Gasteiger partial charge in [0.25, 0.3) is 0 Å². The highest BCUT2D eigenvalue weighted by atomic mass is 16.2. The molecular formula is C15H22N2O. The van der Waals surface area contributed by atoms with Gasteiger partial charge in [0, 0.05) is 13.1 Å². The van der Waals surface area contributed by atoms with Crippen LogP contribution in [0.2, 0.25) is 0 Å². The van der Waals surface area contributed by atoms with Crippen molar-refractivity contribution in [3.05, 3.63) is 35.4 Å². The maximum atomic E-state index is 12.1. The van der Waals surface area contributed by atoms with Gasteiger partial charge in [-0.3, -0.25) is 4.79 Å².